The Morgan fingerprint density at radius 3 is 2.60 bits per heavy atom. The number of hydrogen-bond acceptors (Lipinski definition) is 3. The van der Waals surface area contributed by atoms with Gasteiger partial charge in [-0.05, 0) is 30.0 Å². The maximum atomic E-state index is 14.5. The number of para-hydroxylation sites is 2. The van der Waals surface area contributed by atoms with Crippen molar-refractivity contribution < 1.29 is 9.18 Å². The molecule has 4 rings (SSSR count). The molecular weight excluding hydrogens is 315 g/mol. The zero-order chi connectivity index (χ0) is 17.6. The van der Waals surface area contributed by atoms with E-state index in [0.29, 0.717) is 12.0 Å². The van der Waals surface area contributed by atoms with Crippen LogP contribution in [0.2, 0.25) is 0 Å². The molecule has 1 fully saturated rings. The average molecular weight is 336 g/mol. The first-order valence-electron chi connectivity index (χ1n) is 8.65. The molecule has 25 heavy (non-hydrogen) atoms. The van der Waals surface area contributed by atoms with E-state index in [2.05, 4.69) is 19.2 Å². The summed E-state index contributed by atoms with van der Waals surface area (Å²) >= 11 is 0. The molecular formula is C21H21FN2O. The van der Waals surface area contributed by atoms with Crippen LogP contribution in [0, 0.1) is 17.2 Å². The van der Waals surface area contributed by atoms with Crippen molar-refractivity contribution in [3.8, 4) is 0 Å². The van der Waals surface area contributed by atoms with Crippen molar-refractivity contribution in [1.82, 2.24) is 0 Å². The van der Waals surface area contributed by atoms with Crippen LogP contribution in [0.4, 0.5) is 15.8 Å². The van der Waals surface area contributed by atoms with Gasteiger partial charge in [-0.15, -0.1) is 0 Å². The Morgan fingerprint density at radius 1 is 1.08 bits per heavy atom. The minimum Gasteiger partial charge on any atom is -0.375 e. The number of anilines is 1. The van der Waals surface area contributed by atoms with E-state index in [1.54, 1.807) is 12.1 Å². The molecule has 2 aromatic carbocycles. The maximum Gasteiger partial charge on any atom is 0.144 e. The maximum absolute atomic E-state index is 14.5. The third-order valence-corrected chi connectivity index (χ3v) is 5.07. The number of hydrogen-bond donors (Lipinski definition) is 1. The number of carbonyl (C=O) groups is 1. The largest absolute Gasteiger partial charge is 0.375 e. The van der Waals surface area contributed by atoms with E-state index in [1.165, 1.54) is 6.07 Å². The fourth-order valence-corrected chi connectivity index (χ4v) is 4.00. The lowest BCUT2D eigenvalue weighted by Crippen LogP contribution is -2.42. The molecule has 0 spiro atoms. The van der Waals surface area contributed by atoms with Crippen LogP contribution in [0.25, 0.3) is 0 Å². The minimum atomic E-state index is -0.438. The highest BCUT2D eigenvalue weighted by Crippen LogP contribution is 2.45. The average Bonchev–Trinajstić information content (AvgIpc) is 2.70. The number of Topliss-reactive ketones (excluding diaryl/α,β-unsaturated/α-hetero) is 1. The highest BCUT2D eigenvalue weighted by molar-refractivity contribution is 6.10. The van der Waals surface area contributed by atoms with E-state index in [0.717, 1.165) is 23.5 Å². The molecule has 1 N–H and O–H groups in total. The van der Waals surface area contributed by atoms with Gasteiger partial charge in [0.2, 0.25) is 0 Å². The summed E-state index contributed by atoms with van der Waals surface area (Å²) in [7, 11) is 0. The summed E-state index contributed by atoms with van der Waals surface area (Å²) in [5.41, 5.74) is 2.90. The molecule has 0 aromatic heterocycles. The Labute approximate surface area is 147 Å². The lowest BCUT2D eigenvalue weighted by Gasteiger charge is -2.37. The number of rotatable bonds is 1. The van der Waals surface area contributed by atoms with Crippen molar-refractivity contribution in [2.24, 2.45) is 16.3 Å². The zero-order valence-corrected chi connectivity index (χ0v) is 14.4. The quantitative estimate of drug-likeness (QED) is 0.790. The lowest BCUT2D eigenvalue weighted by atomic mass is 9.68. The fraction of sp³-hybridized carbons (Fsp3) is 0.333. The molecule has 1 aliphatic heterocycles. The second kappa shape index (κ2) is 5.80. The van der Waals surface area contributed by atoms with Crippen molar-refractivity contribution in [2.75, 3.05) is 5.32 Å². The molecule has 3 nitrogen and oxygen atoms in total. The van der Waals surface area contributed by atoms with Gasteiger partial charge < -0.3 is 5.32 Å². The zero-order valence-electron chi connectivity index (χ0n) is 14.4. The van der Waals surface area contributed by atoms with E-state index in [-0.39, 0.29) is 17.0 Å². The molecule has 0 saturated heterocycles. The smallest absolute Gasteiger partial charge is 0.144 e. The fourth-order valence-electron chi connectivity index (χ4n) is 4.00. The van der Waals surface area contributed by atoms with Crippen molar-refractivity contribution >= 4 is 22.9 Å². The van der Waals surface area contributed by atoms with E-state index in [1.807, 2.05) is 30.3 Å². The summed E-state index contributed by atoms with van der Waals surface area (Å²) in [5.74, 6) is -0.600. The third kappa shape index (κ3) is 2.86. The minimum absolute atomic E-state index is 0.120. The standard InChI is InChI=1S/C21H21FN2O/c1-21(2)11-17-19(18(25)12-21)20(13-7-3-4-8-14(13)22)24-16-10-6-5-9-15(16)23-17/h3-10,19-20,24H,11-12H2,1-2H3/t19?,20-/m0/s1. The van der Waals surface area contributed by atoms with Gasteiger partial charge in [-0.2, -0.15) is 0 Å². The molecule has 128 valence electrons. The Hall–Kier alpha value is -2.49. The van der Waals surface area contributed by atoms with Gasteiger partial charge in [-0.25, -0.2) is 4.39 Å². The van der Waals surface area contributed by atoms with Crippen LogP contribution in [-0.4, -0.2) is 11.5 Å². The molecule has 1 saturated carbocycles. The first-order chi connectivity index (χ1) is 11.9. The topological polar surface area (TPSA) is 41.5 Å². The van der Waals surface area contributed by atoms with Crippen LogP contribution in [0.15, 0.2) is 53.5 Å². The summed E-state index contributed by atoms with van der Waals surface area (Å²) in [5, 5.41) is 3.40. The summed E-state index contributed by atoms with van der Waals surface area (Å²) in [6.07, 6.45) is 1.23. The predicted molar refractivity (Wildman–Crippen MR) is 97.8 cm³/mol. The number of halogens is 1. The van der Waals surface area contributed by atoms with Gasteiger partial charge in [0.25, 0.3) is 0 Å². The molecule has 0 amide bonds. The van der Waals surface area contributed by atoms with Gasteiger partial charge in [0.15, 0.2) is 0 Å². The number of nitrogens with zero attached hydrogens (tertiary/aromatic N) is 1. The lowest BCUT2D eigenvalue weighted by molar-refractivity contribution is -0.124. The van der Waals surface area contributed by atoms with Crippen LogP contribution >= 0.6 is 0 Å². The van der Waals surface area contributed by atoms with Gasteiger partial charge in [-0.3, -0.25) is 9.79 Å². The van der Waals surface area contributed by atoms with Crippen LogP contribution in [0.5, 0.6) is 0 Å². The number of fused-ring (bicyclic) bond motifs is 2. The Balaban J connectivity index is 1.89. The van der Waals surface area contributed by atoms with E-state index in [9.17, 15) is 9.18 Å². The number of aliphatic imine (C=N–C) groups is 1. The first-order valence-corrected chi connectivity index (χ1v) is 8.65. The van der Waals surface area contributed by atoms with Crippen molar-refractivity contribution in [2.45, 2.75) is 32.7 Å². The summed E-state index contributed by atoms with van der Waals surface area (Å²) in [6.45, 7) is 4.18. The molecule has 4 heteroatoms. The summed E-state index contributed by atoms with van der Waals surface area (Å²) in [4.78, 5) is 17.8. The summed E-state index contributed by atoms with van der Waals surface area (Å²) < 4.78 is 14.5. The molecule has 2 atom stereocenters. The van der Waals surface area contributed by atoms with Gasteiger partial charge >= 0.3 is 0 Å². The Morgan fingerprint density at radius 2 is 1.80 bits per heavy atom. The predicted octanol–water partition coefficient (Wildman–Crippen LogP) is 5.07. The van der Waals surface area contributed by atoms with Gasteiger partial charge in [0.05, 0.1) is 23.3 Å². The number of carbonyl (C=O) groups excluding carboxylic acids is 1. The highest BCUT2D eigenvalue weighted by Gasteiger charge is 2.44. The van der Waals surface area contributed by atoms with Crippen LogP contribution in [-0.2, 0) is 4.79 Å². The van der Waals surface area contributed by atoms with Gasteiger partial charge in [-0.1, -0.05) is 44.2 Å². The summed E-state index contributed by atoms with van der Waals surface area (Å²) in [6, 6.07) is 14.0. The monoisotopic (exact) mass is 336 g/mol. The third-order valence-electron chi connectivity index (χ3n) is 5.07. The molecule has 1 heterocycles. The van der Waals surface area contributed by atoms with Crippen LogP contribution in [0.3, 0.4) is 0 Å². The Bertz CT molecular complexity index is 872. The Kier molecular flexibility index (Phi) is 3.71. The van der Waals surface area contributed by atoms with Crippen LogP contribution < -0.4 is 5.32 Å². The van der Waals surface area contributed by atoms with E-state index < -0.39 is 12.0 Å². The van der Waals surface area contributed by atoms with E-state index >= 15 is 0 Å². The normalized spacial score (nSPS) is 24.4. The number of benzene rings is 2. The van der Waals surface area contributed by atoms with Gasteiger partial charge in [0, 0.05) is 17.7 Å². The van der Waals surface area contributed by atoms with Crippen molar-refractivity contribution in [1.29, 1.82) is 0 Å². The highest BCUT2D eigenvalue weighted by atomic mass is 19.1. The second-order valence-corrected chi connectivity index (χ2v) is 7.73. The second-order valence-electron chi connectivity index (χ2n) is 7.73. The molecule has 1 unspecified atom stereocenters. The van der Waals surface area contributed by atoms with E-state index in [4.69, 9.17) is 4.99 Å². The number of nitrogens with one attached hydrogen (secondary N) is 1. The molecule has 0 bridgehead atoms. The SMILES string of the molecule is CC1(C)CC(=O)C2C(=Nc3ccccc3N[C@H]2c2ccccc2F)C1. The van der Waals surface area contributed by atoms with Crippen molar-refractivity contribution in [3.05, 3.63) is 59.9 Å². The number of ketones is 1. The molecule has 2 aromatic rings. The first kappa shape index (κ1) is 16.0. The van der Waals surface area contributed by atoms with Crippen LogP contribution in [0.1, 0.15) is 38.3 Å². The van der Waals surface area contributed by atoms with Gasteiger partial charge in [0.1, 0.15) is 11.6 Å². The molecule has 0 radical (unpaired) electrons. The molecule has 2 aliphatic rings. The molecule has 1 aliphatic carbocycles. The van der Waals surface area contributed by atoms with Crippen molar-refractivity contribution in [3.63, 3.8) is 0 Å².